The standard InChI is InChI=1S/C21H32N6O2/c1-15(28)26-11-12-29-17(14-26)13-25-9-7-16(8-10-25)20-23-22-19-6-5-18(21(2,3)4)24-27(19)20/h5-6,16-17H,7-14H2,1-4H3. The van der Waals surface area contributed by atoms with Crippen molar-refractivity contribution < 1.29 is 9.53 Å². The van der Waals surface area contributed by atoms with E-state index in [2.05, 4.69) is 35.9 Å². The van der Waals surface area contributed by atoms with Crippen LogP contribution < -0.4 is 0 Å². The second-order valence-corrected chi connectivity index (χ2v) is 9.33. The molecule has 158 valence electrons. The first kappa shape index (κ1) is 20.2. The van der Waals surface area contributed by atoms with Crippen molar-refractivity contribution >= 4 is 11.6 Å². The monoisotopic (exact) mass is 400 g/mol. The third-order valence-corrected chi connectivity index (χ3v) is 6.05. The first-order valence-electron chi connectivity index (χ1n) is 10.6. The Morgan fingerprint density at radius 3 is 2.62 bits per heavy atom. The van der Waals surface area contributed by atoms with Crippen molar-refractivity contribution in [2.45, 2.75) is 58.0 Å². The number of carbonyl (C=O) groups is 1. The number of rotatable bonds is 3. The minimum atomic E-state index is -0.00710. The lowest BCUT2D eigenvalue weighted by Crippen LogP contribution is -2.50. The molecule has 0 N–H and O–H groups in total. The van der Waals surface area contributed by atoms with Crippen LogP contribution in [0.4, 0.5) is 0 Å². The quantitative estimate of drug-likeness (QED) is 0.783. The van der Waals surface area contributed by atoms with Gasteiger partial charge in [-0.2, -0.15) is 9.61 Å². The van der Waals surface area contributed by atoms with Crippen LogP contribution in [0.25, 0.3) is 5.65 Å². The lowest BCUT2D eigenvalue weighted by molar-refractivity contribution is -0.137. The van der Waals surface area contributed by atoms with E-state index in [1.807, 2.05) is 21.5 Å². The minimum Gasteiger partial charge on any atom is -0.373 e. The highest BCUT2D eigenvalue weighted by atomic mass is 16.5. The summed E-state index contributed by atoms with van der Waals surface area (Å²) in [4.78, 5) is 16.0. The lowest BCUT2D eigenvalue weighted by Gasteiger charge is -2.37. The Morgan fingerprint density at radius 1 is 1.17 bits per heavy atom. The topological polar surface area (TPSA) is 75.9 Å². The SMILES string of the molecule is CC(=O)N1CCOC(CN2CCC(c3nnc4ccc(C(C)(C)C)nn34)CC2)C1. The average Bonchev–Trinajstić information content (AvgIpc) is 3.11. The van der Waals surface area contributed by atoms with Crippen LogP contribution in [-0.4, -0.2) is 81.0 Å². The van der Waals surface area contributed by atoms with Crippen molar-refractivity contribution in [1.82, 2.24) is 29.6 Å². The summed E-state index contributed by atoms with van der Waals surface area (Å²) in [5.41, 5.74) is 1.86. The fraction of sp³-hybridized carbons (Fsp3) is 0.714. The van der Waals surface area contributed by atoms with Crippen LogP contribution in [0, 0.1) is 0 Å². The second-order valence-electron chi connectivity index (χ2n) is 9.33. The van der Waals surface area contributed by atoms with E-state index >= 15 is 0 Å². The molecule has 2 aromatic heterocycles. The van der Waals surface area contributed by atoms with Crippen molar-refractivity contribution in [3.63, 3.8) is 0 Å². The molecule has 2 fully saturated rings. The zero-order chi connectivity index (χ0) is 20.6. The van der Waals surface area contributed by atoms with E-state index in [1.54, 1.807) is 6.92 Å². The van der Waals surface area contributed by atoms with Crippen molar-refractivity contribution in [2.24, 2.45) is 0 Å². The predicted molar refractivity (Wildman–Crippen MR) is 110 cm³/mol. The molecular weight excluding hydrogens is 368 g/mol. The summed E-state index contributed by atoms with van der Waals surface area (Å²) >= 11 is 0. The molecular formula is C21H32N6O2. The molecule has 1 atom stereocenters. The van der Waals surface area contributed by atoms with Gasteiger partial charge in [0.2, 0.25) is 5.91 Å². The van der Waals surface area contributed by atoms with Crippen molar-refractivity contribution in [1.29, 1.82) is 0 Å². The van der Waals surface area contributed by atoms with Gasteiger partial charge in [-0.3, -0.25) is 4.79 Å². The van der Waals surface area contributed by atoms with Crippen LogP contribution in [-0.2, 0) is 14.9 Å². The molecule has 1 amide bonds. The molecule has 2 aliphatic heterocycles. The number of morpholine rings is 1. The molecule has 0 aliphatic carbocycles. The van der Waals surface area contributed by atoms with E-state index in [4.69, 9.17) is 9.84 Å². The number of fused-ring (bicyclic) bond motifs is 1. The molecule has 8 nitrogen and oxygen atoms in total. The maximum absolute atomic E-state index is 11.6. The summed E-state index contributed by atoms with van der Waals surface area (Å²) in [6.07, 6.45) is 2.17. The van der Waals surface area contributed by atoms with Crippen LogP contribution in [0.2, 0.25) is 0 Å². The zero-order valence-electron chi connectivity index (χ0n) is 18.0. The average molecular weight is 401 g/mol. The number of ether oxygens (including phenoxy) is 1. The van der Waals surface area contributed by atoms with Gasteiger partial charge in [-0.25, -0.2) is 0 Å². The molecule has 4 rings (SSSR count). The summed E-state index contributed by atoms with van der Waals surface area (Å²) in [6.45, 7) is 13.1. The van der Waals surface area contributed by atoms with Gasteiger partial charge in [0.25, 0.3) is 0 Å². The van der Waals surface area contributed by atoms with Crippen LogP contribution >= 0.6 is 0 Å². The highest BCUT2D eigenvalue weighted by molar-refractivity contribution is 5.73. The van der Waals surface area contributed by atoms with Gasteiger partial charge in [0.1, 0.15) is 0 Å². The van der Waals surface area contributed by atoms with Crippen molar-refractivity contribution in [3.05, 3.63) is 23.7 Å². The van der Waals surface area contributed by atoms with E-state index in [0.29, 0.717) is 25.6 Å². The van der Waals surface area contributed by atoms with Crippen molar-refractivity contribution in [3.8, 4) is 0 Å². The smallest absolute Gasteiger partial charge is 0.219 e. The third-order valence-electron chi connectivity index (χ3n) is 6.05. The molecule has 0 radical (unpaired) electrons. The lowest BCUT2D eigenvalue weighted by atomic mass is 9.92. The van der Waals surface area contributed by atoms with E-state index < -0.39 is 0 Å². The number of hydrogen-bond acceptors (Lipinski definition) is 6. The summed E-state index contributed by atoms with van der Waals surface area (Å²) < 4.78 is 7.83. The van der Waals surface area contributed by atoms with E-state index in [1.165, 1.54) is 0 Å². The predicted octanol–water partition coefficient (Wildman–Crippen LogP) is 1.85. The number of likely N-dealkylation sites (tertiary alicyclic amines) is 1. The van der Waals surface area contributed by atoms with E-state index in [9.17, 15) is 4.79 Å². The molecule has 2 aromatic rings. The van der Waals surface area contributed by atoms with Crippen LogP contribution in [0.5, 0.6) is 0 Å². The number of hydrogen-bond donors (Lipinski definition) is 0. The van der Waals surface area contributed by atoms with Gasteiger partial charge in [0.15, 0.2) is 11.5 Å². The van der Waals surface area contributed by atoms with Gasteiger partial charge < -0.3 is 14.5 Å². The Bertz CT molecular complexity index is 866. The molecule has 0 bridgehead atoms. The third kappa shape index (κ3) is 4.43. The summed E-state index contributed by atoms with van der Waals surface area (Å²) in [6, 6.07) is 4.06. The number of aromatic nitrogens is 4. The van der Waals surface area contributed by atoms with E-state index in [-0.39, 0.29) is 17.4 Å². The summed E-state index contributed by atoms with van der Waals surface area (Å²) in [7, 11) is 0. The Balaban J connectivity index is 1.39. The Kier molecular flexibility index (Phi) is 5.57. The fourth-order valence-electron chi connectivity index (χ4n) is 4.24. The van der Waals surface area contributed by atoms with Crippen LogP contribution in [0.3, 0.4) is 0 Å². The highest BCUT2D eigenvalue weighted by Gasteiger charge is 2.29. The minimum absolute atomic E-state index is 0.00710. The zero-order valence-corrected chi connectivity index (χ0v) is 18.0. The molecule has 0 saturated carbocycles. The van der Waals surface area contributed by atoms with Gasteiger partial charge in [0, 0.05) is 37.9 Å². The number of carbonyl (C=O) groups excluding carboxylic acids is 1. The van der Waals surface area contributed by atoms with Gasteiger partial charge in [-0.1, -0.05) is 20.8 Å². The molecule has 8 heteroatoms. The molecule has 1 unspecified atom stereocenters. The summed E-state index contributed by atoms with van der Waals surface area (Å²) in [5.74, 6) is 1.48. The molecule has 2 saturated heterocycles. The molecule has 0 spiro atoms. The van der Waals surface area contributed by atoms with Crippen LogP contribution in [0.15, 0.2) is 12.1 Å². The molecule has 0 aromatic carbocycles. The highest BCUT2D eigenvalue weighted by Crippen LogP contribution is 2.28. The summed E-state index contributed by atoms with van der Waals surface area (Å²) in [5, 5.41) is 13.6. The van der Waals surface area contributed by atoms with Crippen molar-refractivity contribution in [2.75, 3.05) is 39.3 Å². The van der Waals surface area contributed by atoms with E-state index in [0.717, 1.165) is 49.6 Å². The first-order valence-corrected chi connectivity index (χ1v) is 10.6. The number of nitrogens with zero attached hydrogens (tertiary/aromatic N) is 6. The van der Waals surface area contributed by atoms with Crippen LogP contribution in [0.1, 0.15) is 58.0 Å². The molecule has 4 heterocycles. The Labute approximate surface area is 172 Å². The maximum Gasteiger partial charge on any atom is 0.219 e. The molecule has 2 aliphatic rings. The number of amides is 1. The van der Waals surface area contributed by atoms with Gasteiger partial charge >= 0.3 is 0 Å². The van der Waals surface area contributed by atoms with Gasteiger partial charge in [-0.15, -0.1) is 10.2 Å². The molecule has 29 heavy (non-hydrogen) atoms. The van der Waals surface area contributed by atoms with Gasteiger partial charge in [0.05, 0.1) is 18.4 Å². The second kappa shape index (κ2) is 7.99. The largest absolute Gasteiger partial charge is 0.373 e. The number of piperidine rings is 1. The maximum atomic E-state index is 11.6. The van der Waals surface area contributed by atoms with Gasteiger partial charge in [-0.05, 0) is 38.1 Å². The Morgan fingerprint density at radius 2 is 1.93 bits per heavy atom. The fourth-order valence-corrected chi connectivity index (χ4v) is 4.24. The Hall–Kier alpha value is -2.06. The normalized spacial score (nSPS) is 22.3. The first-order chi connectivity index (χ1) is 13.8.